The van der Waals surface area contributed by atoms with Crippen molar-refractivity contribution in [3.8, 4) is 23.0 Å². The molecule has 13 heteroatoms. The Morgan fingerprint density at radius 2 is 1.90 bits per heavy atom. The maximum Gasteiger partial charge on any atom is 0.387 e. The number of methoxy groups -OCH3 is 1. The van der Waals surface area contributed by atoms with Gasteiger partial charge >= 0.3 is 12.6 Å². The second-order valence-electron chi connectivity index (χ2n) is 8.91. The summed E-state index contributed by atoms with van der Waals surface area (Å²) in [6.07, 6.45) is 1.93. The van der Waals surface area contributed by atoms with Gasteiger partial charge in [0.1, 0.15) is 11.6 Å². The molecule has 1 aliphatic rings. The van der Waals surface area contributed by atoms with Gasteiger partial charge in [0, 0.05) is 17.2 Å². The molecule has 0 aliphatic heterocycles. The first-order valence-electron chi connectivity index (χ1n) is 11.9. The quantitative estimate of drug-likeness (QED) is 0.260. The van der Waals surface area contributed by atoms with Crippen LogP contribution in [0, 0.1) is 17.6 Å². The van der Waals surface area contributed by atoms with Gasteiger partial charge in [-0.1, -0.05) is 6.07 Å². The number of carbonyl (C=O) groups excluding carboxylic acids is 2. The molecule has 208 valence electrons. The number of ether oxygens (including phenoxy) is 3. The van der Waals surface area contributed by atoms with E-state index in [1.807, 2.05) is 0 Å². The highest BCUT2D eigenvalue weighted by atomic mass is 19.3. The Balaban J connectivity index is 1.66. The number of benzene rings is 2. The van der Waals surface area contributed by atoms with Crippen LogP contribution in [-0.4, -0.2) is 37.2 Å². The van der Waals surface area contributed by atoms with Crippen molar-refractivity contribution in [2.75, 3.05) is 13.7 Å². The van der Waals surface area contributed by atoms with E-state index < -0.39 is 42.2 Å². The zero-order valence-corrected chi connectivity index (χ0v) is 20.9. The Labute approximate surface area is 220 Å². The van der Waals surface area contributed by atoms with Crippen LogP contribution < -0.4 is 20.5 Å². The first kappa shape index (κ1) is 27.9. The van der Waals surface area contributed by atoms with Gasteiger partial charge in [-0.2, -0.15) is 8.78 Å². The summed E-state index contributed by atoms with van der Waals surface area (Å²) in [5, 5.41) is 2.32. The Kier molecular flexibility index (Phi) is 8.38. The topological polar surface area (TPSA) is 126 Å². The van der Waals surface area contributed by atoms with Gasteiger partial charge in [0.15, 0.2) is 29.0 Å². The molecule has 0 spiro atoms. The van der Waals surface area contributed by atoms with Gasteiger partial charge in [-0.25, -0.2) is 18.6 Å². The standard InChI is InChI=1S/C26H25F4N3O6/c1-12(31)22-21(23(34)32-20(25(35)36-2)16-7-6-15(27)10-17(16)28)33-24(39-22)14-5-8-18(38-26(29)30)19(9-14)37-11-13-3-4-13/h5-10,12-13,20,26H,3-4,11,31H2,1-2H3,(H,32,34)/t12-,20-/m0/s1. The number of nitrogens with zero attached hydrogens (tertiary/aromatic N) is 1. The third kappa shape index (κ3) is 6.66. The van der Waals surface area contributed by atoms with Gasteiger partial charge < -0.3 is 29.7 Å². The molecule has 0 saturated heterocycles. The van der Waals surface area contributed by atoms with Crippen molar-refractivity contribution in [1.29, 1.82) is 0 Å². The number of oxazole rings is 1. The van der Waals surface area contributed by atoms with Crippen molar-refractivity contribution < 1.29 is 45.8 Å². The van der Waals surface area contributed by atoms with Crippen LogP contribution in [0.1, 0.15) is 53.7 Å². The van der Waals surface area contributed by atoms with E-state index in [4.69, 9.17) is 14.9 Å². The highest BCUT2D eigenvalue weighted by Crippen LogP contribution is 2.37. The third-order valence-corrected chi connectivity index (χ3v) is 5.85. The summed E-state index contributed by atoms with van der Waals surface area (Å²) in [4.78, 5) is 29.8. The number of alkyl halides is 2. The molecular weight excluding hydrogens is 526 g/mol. The lowest BCUT2D eigenvalue weighted by Crippen LogP contribution is -2.36. The molecule has 9 nitrogen and oxygen atoms in total. The molecule has 3 N–H and O–H groups in total. The minimum Gasteiger partial charge on any atom is -0.489 e. The molecule has 39 heavy (non-hydrogen) atoms. The molecule has 0 radical (unpaired) electrons. The molecule has 1 heterocycles. The maximum absolute atomic E-state index is 14.4. The Morgan fingerprint density at radius 3 is 2.51 bits per heavy atom. The van der Waals surface area contributed by atoms with Crippen molar-refractivity contribution in [2.24, 2.45) is 11.7 Å². The lowest BCUT2D eigenvalue weighted by atomic mass is 10.1. The van der Waals surface area contributed by atoms with Crippen LogP contribution in [0.15, 0.2) is 40.8 Å². The summed E-state index contributed by atoms with van der Waals surface area (Å²) in [6, 6.07) is 4.00. The van der Waals surface area contributed by atoms with Gasteiger partial charge in [0.2, 0.25) is 5.89 Å². The summed E-state index contributed by atoms with van der Waals surface area (Å²) < 4.78 is 74.2. The number of aromatic nitrogens is 1. The average Bonchev–Trinajstić information content (AvgIpc) is 3.61. The molecule has 0 bridgehead atoms. The molecule has 2 atom stereocenters. The normalized spacial score (nSPS) is 14.6. The first-order chi connectivity index (χ1) is 18.6. The van der Waals surface area contributed by atoms with E-state index in [9.17, 15) is 27.2 Å². The highest BCUT2D eigenvalue weighted by Gasteiger charge is 2.31. The van der Waals surface area contributed by atoms with E-state index in [2.05, 4.69) is 19.8 Å². The van der Waals surface area contributed by atoms with Gasteiger partial charge in [-0.15, -0.1) is 0 Å². The largest absolute Gasteiger partial charge is 0.489 e. The molecule has 0 unspecified atom stereocenters. The SMILES string of the molecule is COC(=O)[C@@H](NC(=O)c1nc(-c2ccc(OC(F)F)c(OCC3CC3)c2)oc1[C@H](C)N)c1ccc(F)cc1F. The molecule has 1 amide bonds. The van der Waals surface area contributed by atoms with Crippen molar-refractivity contribution in [3.05, 3.63) is 65.1 Å². The van der Waals surface area contributed by atoms with E-state index in [-0.39, 0.29) is 40.0 Å². The van der Waals surface area contributed by atoms with Crippen LogP contribution in [0.2, 0.25) is 0 Å². The molecule has 1 aliphatic carbocycles. The van der Waals surface area contributed by atoms with Gasteiger partial charge in [-0.3, -0.25) is 4.79 Å². The lowest BCUT2D eigenvalue weighted by Gasteiger charge is -2.17. The molecular formula is C26H25F4N3O6. The first-order valence-corrected chi connectivity index (χ1v) is 11.9. The molecule has 1 saturated carbocycles. The number of amides is 1. The smallest absolute Gasteiger partial charge is 0.387 e. The predicted molar refractivity (Wildman–Crippen MR) is 128 cm³/mol. The third-order valence-electron chi connectivity index (χ3n) is 5.85. The fourth-order valence-electron chi connectivity index (χ4n) is 3.68. The van der Waals surface area contributed by atoms with Crippen molar-refractivity contribution in [1.82, 2.24) is 10.3 Å². The summed E-state index contributed by atoms with van der Waals surface area (Å²) in [6.45, 7) is -1.25. The second-order valence-corrected chi connectivity index (χ2v) is 8.91. The number of halogens is 4. The molecule has 1 aromatic heterocycles. The van der Waals surface area contributed by atoms with E-state index in [0.717, 1.165) is 32.1 Å². The molecule has 1 fully saturated rings. The van der Waals surface area contributed by atoms with Crippen LogP contribution in [0.25, 0.3) is 11.5 Å². The number of esters is 1. The Hall–Kier alpha value is -4.13. The van der Waals surface area contributed by atoms with Gasteiger partial charge in [0.25, 0.3) is 5.91 Å². The molecule has 2 aromatic carbocycles. The van der Waals surface area contributed by atoms with Gasteiger partial charge in [0.05, 0.1) is 19.8 Å². The van der Waals surface area contributed by atoms with Crippen molar-refractivity contribution in [2.45, 2.75) is 38.5 Å². The molecule has 3 aromatic rings. The zero-order chi connectivity index (χ0) is 28.3. The fraction of sp³-hybridized carbons (Fsp3) is 0.346. The Morgan fingerprint density at radius 1 is 1.15 bits per heavy atom. The number of hydrogen-bond acceptors (Lipinski definition) is 8. The van der Waals surface area contributed by atoms with Crippen molar-refractivity contribution in [3.63, 3.8) is 0 Å². The summed E-state index contributed by atoms with van der Waals surface area (Å²) in [7, 11) is 1.04. The minimum atomic E-state index is -3.07. The van der Waals surface area contributed by atoms with Crippen LogP contribution in [0.5, 0.6) is 11.5 Å². The summed E-state index contributed by atoms with van der Waals surface area (Å²) >= 11 is 0. The molecule has 4 rings (SSSR count). The number of hydrogen-bond donors (Lipinski definition) is 2. The zero-order valence-electron chi connectivity index (χ0n) is 20.9. The fourth-order valence-corrected chi connectivity index (χ4v) is 3.68. The lowest BCUT2D eigenvalue weighted by molar-refractivity contribution is -0.143. The van der Waals surface area contributed by atoms with E-state index in [1.165, 1.54) is 25.1 Å². The van der Waals surface area contributed by atoms with Crippen LogP contribution >= 0.6 is 0 Å². The predicted octanol–water partition coefficient (Wildman–Crippen LogP) is 4.67. The number of rotatable bonds is 11. The highest BCUT2D eigenvalue weighted by molar-refractivity contribution is 5.97. The second kappa shape index (κ2) is 11.7. The minimum absolute atomic E-state index is 0.0313. The van der Waals surface area contributed by atoms with Crippen molar-refractivity contribution >= 4 is 11.9 Å². The van der Waals surface area contributed by atoms with Gasteiger partial charge in [-0.05, 0) is 49.9 Å². The van der Waals surface area contributed by atoms with Crippen LogP contribution in [0.3, 0.4) is 0 Å². The summed E-state index contributed by atoms with van der Waals surface area (Å²) in [5.41, 5.74) is 5.58. The van der Waals surface area contributed by atoms with Crippen LogP contribution in [-0.2, 0) is 9.53 Å². The monoisotopic (exact) mass is 551 g/mol. The summed E-state index contributed by atoms with van der Waals surface area (Å²) in [5.74, 6) is -3.94. The van der Waals surface area contributed by atoms with E-state index >= 15 is 0 Å². The number of nitrogens with two attached hydrogens (primary N) is 1. The average molecular weight is 551 g/mol. The van der Waals surface area contributed by atoms with E-state index in [1.54, 1.807) is 0 Å². The van der Waals surface area contributed by atoms with Crippen LogP contribution in [0.4, 0.5) is 17.6 Å². The number of nitrogens with one attached hydrogen (secondary N) is 1. The van der Waals surface area contributed by atoms with E-state index in [0.29, 0.717) is 18.6 Å². The maximum atomic E-state index is 14.4. The Bertz CT molecular complexity index is 1360. The number of carbonyl (C=O) groups is 2.